The smallest absolute Gasteiger partial charge is 0.129 e. The van der Waals surface area contributed by atoms with Crippen LogP contribution in [0.2, 0.25) is 5.02 Å². The third-order valence-corrected chi connectivity index (χ3v) is 5.11. The van der Waals surface area contributed by atoms with Crippen molar-refractivity contribution in [1.29, 1.82) is 0 Å². The Morgan fingerprint density at radius 3 is 2.75 bits per heavy atom. The molecule has 0 radical (unpaired) electrons. The van der Waals surface area contributed by atoms with E-state index in [1.54, 1.807) is 12.4 Å². The minimum atomic E-state index is 0.652. The van der Waals surface area contributed by atoms with E-state index < -0.39 is 0 Å². The first kappa shape index (κ1) is 14.2. The highest BCUT2D eigenvalue weighted by Gasteiger charge is 2.15. The van der Waals surface area contributed by atoms with Crippen LogP contribution in [0, 0.1) is 0 Å². The molecule has 0 amide bonds. The number of pyridine rings is 2. The first-order valence-corrected chi connectivity index (χ1v) is 8.66. The van der Waals surface area contributed by atoms with Crippen LogP contribution in [-0.4, -0.2) is 34.6 Å². The predicted octanol–water partition coefficient (Wildman–Crippen LogP) is 4.11. The summed E-state index contributed by atoms with van der Waals surface area (Å²) in [6, 6.07) is 4.03. The Morgan fingerprint density at radius 1 is 1.20 bits per heavy atom. The van der Waals surface area contributed by atoms with Gasteiger partial charge < -0.3 is 4.90 Å². The fourth-order valence-corrected chi connectivity index (χ4v) is 3.75. The number of thioether (sulfide) groups is 1. The van der Waals surface area contributed by atoms with Gasteiger partial charge in [-0.25, -0.2) is 4.98 Å². The highest BCUT2D eigenvalue weighted by molar-refractivity contribution is 9.10. The van der Waals surface area contributed by atoms with Gasteiger partial charge in [-0.1, -0.05) is 11.6 Å². The monoisotopic (exact) mass is 369 g/mol. The van der Waals surface area contributed by atoms with E-state index in [9.17, 15) is 0 Å². The maximum absolute atomic E-state index is 6.25. The lowest BCUT2D eigenvalue weighted by molar-refractivity contribution is 0.839. The summed E-state index contributed by atoms with van der Waals surface area (Å²) >= 11 is 11.8. The van der Waals surface area contributed by atoms with E-state index in [0.717, 1.165) is 46.0 Å². The fraction of sp³-hybridized carbons (Fsp3) is 0.286. The average Bonchev–Trinajstić information content (AvgIpc) is 2.49. The zero-order valence-corrected chi connectivity index (χ0v) is 13.9. The second-order valence-electron chi connectivity index (χ2n) is 4.48. The summed E-state index contributed by atoms with van der Waals surface area (Å²) in [6.45, 7) is 2.09. The van der Waals surface area contributed by atoms with E-state index >= 15 is 0 Å². The molecule has 104 valence electrons. The molecule has 0 N–H and O–H groups in total. The van der Waals surface area contributed by atoms with Crippen molar-refractivity contribution in [3.8, 4) is 11.1 Å². The van der Waals surface area contributed by atoms with Crippen LogP contribution in [0.3, 0.4) is 0 Å². The second kappa shape index (κ2) is 6.33. The molecule has 1 aliphatic rings. The van der Waals surface area contributed by atoms with Crippen molar-refractivity contribution in [1.82, 2.24) is 9.97 Å². The molecule has 3 nitrogen and oxygen atoms in total. The highest BCUT2D eigenvalue weighted by atomic mass is 79.9. The summed E-state index contributed by atoms with van der Waals surface area (Å²) in [4.78, 5) is 10.9. The van der Waals surface area contributed by atoms with Crippen LogP contribution >= 0.6 is 39.3 Å². The molecule has 0 bridgehead atoms. The van der Waals surface area contributed by atoms with Gasteiger partial charge in [-0.3, -0.25) is 4.98 Å². The molecule has 1 aliphatic heterocycles. The van der Waals surface area contributed by atoms with Crippen molar-refractivity contribution in [3.63, 3.8) is 0 Å². The molecule has 0 spiro atoms. The molecule has 2 aromatic rings. The molecule has 0 unspecified atom stereocenters. The Kier molecular flexibility index (Phi) is 4.48. The van der Waals surface area contributed by atoms with Crippen molar-refractivity contribution in [2.24, 2.45) is 0 Å². The predicted molar refractivity (Wildman–Crippen MR) is 89.7 cm³/mol. The molecule has 3 heterocycles. The molecule has 0 aliphatic carbocycles. The Balaban J connectivity index is 2.00. The normalized spacial score (nSPS) is 15.4. The SMILES string of the molecule is Clc1cnccc1-c1cc(N2CCSCC2)ncc1Br. The van der Waals surface area contributed by atoms with Gasteiger partial charge in [-0.05, 0) is 28.1 Å². The fourth-order valence-electron chi connectivity index (χ4n) is 2.19. The largest absolute Gasteiger partial charge is 0.355 e. The summed E-state index contributed by atoms with van der Waals surface area (Å²) in [5.41, 5.74) is 2.03. The lowest BCUT2D eigenvalue weighted by Gasteiger charge is -2.27. The number of anilines is 1. The quantitative estimate of drug-likeness (QED) is 0.795. The number of hydrogen-bond donors (Lipinski definition) is 0. The van der Waals surface area contributed by atoms with Gasteiger partial charge in [0.2, 0.25) is 0 Å². The van der Waals surface area contributed by atoms with Gasteiger partial charge in [0.15, 0.2) is 0 Å². The van der Waals surface area contributed by atoms with E-state index in [-0.39, 0.29) is 0 Å². The van der Waals surface area contributed by atoms with Gasteiger partial charge in [0.1, 0.15) is 5.82 Å². The molecule has 3 rings (SSSR count). The van der Waals surface area contributed by atoms with Gasteiger partial charge in [-0.15, -0.1) is 0 Å². The van der Waals surface area contributed by atoms with Crippen LogP contribution in [0.25, 0.3) is 11.1 Å². The van der Waals surface area contributed by atoms with Crippen LogP contribution in [-0.2, 0) is 0 Å². The van der Waals surface area contributed by atoms with E-state index in [1.165, 1.54) is 0 Å². The molecule has 6 heteroatoms. The Labute approximate surface area is 135 Å². The third-order valence-electron chi connectivity index (χ3n) is 3.24. The Hall–Kier alpha value is -0.780. The maximum Gasteiger partial charge on any atom is 0.129 e. The minimum absolute atomic E-state index is 0.652. The molecule has 1 saturated heterocycles. The third kappa shape index (κ3) is 2.95. The summed E-state index contributed by atoms with van der Waals surface area (Å²) in [7, 11) is 0. The van der Waals surface area contributed by atoms with Crippen molar-refractivity contribution in [2.75, 3.05) is 29.5 Å². The number of hydrogen-bond acceptors (Lipinski definition) is 4. The minimum Gasteiger partial charge on any atom is -0.355 e. The van der Waals surface area contributed by atoms with E-state index in [0.29, 0.717) is 5.02 Å². The first-order chi connectivity index (χ1) is 9.75. The van der Waals surface area contributed by atoms with Crippen LogP contribution in [0.1, 0.15) is 0 Å². The Bertz CT molecular complexity index is 617. The zero-order valence-electron chi connectivity index (χ0n) is 10.7. The molecule has 2 aromatic heterocycles. The van der Waals surface area contributed by atoms with Gasteiger partial charge in [0.05, 0.1) is 5.02 Å². The van der Waals surface area contributed by atoms with Crippen molar-refractivity contribution >= 4 is 45.1 Å². The summed E-state index contributed by atoms with van der Waals surface area (Å²) in [6.07, 6.45) is 5.27. The molecule has 0 saturated carbocycles. The van der Waals surface area contributed by atoms with E-state index in [2.05, 4.69) is 36.9 Å². The van der Waals surface area contributed by atoms with E-state index in [4.69, 9.17) is 11.6 Å². The number of aromatic nitrogens is 2. The molecule has 0 atom stereocenters. The molecule has 0 aromatic carbocycles. The summed E-state index contributed by atoms with van der Waals surface area (Å²) in [5.74, 6) is 3.32. The zero-order chi connectivity index (χ0) is 13.9. The Morgan fingerprint density at radius 2 is 2.00 bits per heavy atom. The van der Waals surface area contributed by atoms with Gasteiger partial charge >= 0.3 is 0 Å². The standard InChI is InChI=1S/C14H13BrClN3S/c15-12-8-18-14(19-3-5-20-6-4-19)7-11(12)10-1-2-17-9-13(10)16/h1-2,7-9H,3-6H2. The number of halogens is 2. The van der Waals surface area contributed by atoms with Gasteiger partial charge in [0.25, 0.3) is 0 Å². The van der Waals surface area contributed by atoms with Crippen molar-refractivity contribution in [2.45, 2.75) is 0 Å². The van der Waals surface area contributed by atoms with Crippen LogP contribution in [0.5, 0.6) is 0 Å². The number of rotatable bonds is 2. The van der Waals surface area contributed by atoms with Crippen molar-refractivity contribution < 1.29 is 0 Å². The lowest BCUT2D eigenvalue weighted by Crippen LogP contribution is -2.33. The topological polar surface area (TPSA) is 29.0 Å². The molecular weight excluding hydrogens is 358 g/mol. The average molecular weight is 371 g/mol. The summed E-state index contributed by atoms with van der Waals surface area (Å²) in [5, 5.41) is 0.652. The first-order valence-electron chi connectivity index (χ1n) is 6.34. The molecular formula is C14H13BrClN3S. The maximum atomic E-state index is 6.25. The number of nitrogens with zero attached hydrogens (tertiary/aromatic N) is 3. The van der Waals surface area contributed by atoms with Gasteiger partial charge in [0, 0.05) is 58.8 Å². The second-order valence-corrected chi connectivity index (χ2v) is 6.96. The highest BCUT2D eigenvalue weighted by Crippen LogP contribution is 2.34. The molecule has 20 heavy (non-hydrogen) atoms. The summed E-state index contributed by atoms with van der Waals surface area (Å²) < 4.78 is 0.945. The van der Waals surface area contributed by atoms with Crippen LogP contribution in [0.15, 0.2) is 35.2 Å². The van der Waals surface area contributed by atoms with E-state index in [1.807, 2.05) is 24.0 Å². The van der Waals surface area contributed by atoms with Crippen molar-refractivity contribution in [3.05, 3.63) is 40.2 Å². The lowest BCUT2D eigenvalue weighted by atomic mass is 10.1. The van der Waals surface area contributed by atoms with Crippen LogP contribution in [0.4, 0.5) is 5.82 Å². The van der Waals surface area contributed by atoms with Gasteiger partial charge in [-0.2, -0.15) is 11.8 Å². The van der Waals surface area contributed by atoms with Crippen LogP contribution < -0.4 is 4.90 Å². The molecule has 1 fully saturated rings.